The van der Waals surface area contributed by atoms with Crippen LogP contribution in [0.1, 0.15) is 46.0 Å². The van der Waals surface area contributed by atoms with Crippen LogP contribution in [0.4, 0.5) is 0 Å². The van der Waals surface area contributed by atoms with Crippen molar-refractivity contribution in [2.45, 2.75) is 52.1 Å². The average Bonchev–Trinajstić information content (AvgIpc) is 2.51. The maximum atomic E-state index is 11.2. The summed E-state index contributed by atoms with van der Waals surface area (Å²) in [4.78, 5) is 11.2. The van der Waals surface area contributed by atoms with Gasteiger partial charge in [-0.15, -0.1) is 0 Å². The van der Waals surface area contributed by atoms with E-state index in [1.807, 2.05) is 0 Å². The van der Waals surface area contributed by atoms with Gasteiger partial charge in [0.05, 0.1) is 12.7 Å². The summed E-state index contributed by atoms with van der Waals surface area (Å²) in [6.45, 7) is 7.73. The van der Waals surface area contributed by atoms with Gasteiger partial charge in [0, 0.05) is 5.57 Å². The molecule has 4 heteroatoms. The molecule has 0 aromatic heterocycles. The van der Waals surface area contributed by atoms with E-state index in [0.29, 0.717) is 12.2 Å². The van der Waals surface area contributed by atoms with E-state index in [2.05, 4.69) is 13.5 Å². The zero-order valence-electron chi connectivity index (χ0n) is 13.5. The number of unbranched alkanes of at least 4 members (excludes halogenated alkanes) is 2. The lowest BCUT2D eigenvalue weighted by Gasteiger charge is -2.17. The Hall–Kier alpha value is -1.97. The molecule has 1 rings (SSSR count). The van der Waals surface area contributed by atoms with Crippen molar-refractivity contribution in [3.8, 4) is 11.5 Å². The zero-order chi connectivity index (χ0) is 16.4. The Labute approximate surface area is 132 Å². The molecule has 0 aliphatic heterocycles. The predicted molar refractivity (Wildman–Crippen MR) is 87.1 cm³/mol. The number of carbonyl (C=O) groups is 1. The first kappa shape index (κ1) is 18.1. The molecule has 0 radical (unpaired) electrons. The summed E-state index contributed by atoms with van der Waals surface area (Å²) in [5.74, 6) is 0.701. The number of phenols is 1. The van der Waals surface area contributed by atoms with Gasteiger partial charge in [-0.2, -0.15) is 0 Å². The molecule has 0 spiro atoms. The highest BCUT2D eigenvalue weighted by molar-refractivity contribution is 5.86. The maximum Gasteiger partial charge on any atom is 0.333 e. The summed E-state index contributed by atoms with van der Waals surface area (Å²) in [5, 5.41) is 9.25. The van der Waals surface area contributed by atoms with Gasteiger partial charge in [0.1, 0.15) is 11.5 Å². The molecule has 0 saturated heterocycles. The Bertz CT molecular complexity index is 464. The molecule has 0 bridgehead atoms. The monoisotopic (exact) mass is 306 g/mol. The standard InChI is InChI=1S/C18H26O4/c1-4-16(22-17-11-9-15(19)10-12-17)8-6-5-7-13-21-18(20)14(2)3/h9-12,16,19H,2,4-8,13H2,1,3H3. The van der Waals surface area contributed by atoms with E-state index in [4.69, 9.17) is 9.47 Å². The molecule has 0 saturated carbocycles. The maximum absolute atomic E-state index is 11.2. The van der Waals surface area contributed by atoms with E-state index in [1.54, 1.807) is 31.2 Å². The minimum atomic E-state index is -0.318. The van der Waals surface area contributed by atoms with E-state index < -0.39 is 0 Å². The second-order valence-electron chi connectivity index (χ2n) is 5.41. The van der Waals surface area contributed by atoms with Crippen molar-refractivity contribution in [2.75, 3.05) is 6.61 Å². The van der Waals surface area contributed by atoms with Crippen LogP contribution in [0, 0.1) is 0 Å². The lowest BCUT2D eigenvalue weighted by atomic mass is 10.1. The van der Waals surface area contributed by atoms with E-state index in [1.165, 1.54) is 0 Å². The lowest BCUT2D eigenvalue weighted by molar-refractivity contribution is -0.139. The molecule has 1 unspecified atom stereocenters. The minimum Gasteiger partial charge on any atom is -0.508 e. The van der Waals surface area contributed by atoms with Crippen LogP contribution in [0.25, 0.3) is 0 Å². The third kappa shape index (κ3) is 7.16. The first-order valence-corrected chi connectivity index (χ1v) is 7.81. The van der Waals surface area contributed by atoms with Gasteiger partial charge in [0.25, 0.3) is 0 Å². The molecule has 1 atom stereocenters. The molecule has 1 N–H and O–H groups in total. The highest BCUT2D eigenvalue weighted by atomic mass is 16.5. The van der Waals surface area contributed by atoms with Crippen LogP contribution in [0.3, 0.4) is 0 Å². The summed E-state index contributed by atoms with van der Waals surface area (Å²) in [6.07, 6.45) is 4.95. The Morgan fingerprint density at radius 2 is 1.91 bits per heavy atom. The topological polar surface area (TPSA) is 55.8 Å². The average molecular weight is 306 g/mol. The summed E-state index contributed by atoms with van der Waals surface area (Å²) >= 11 is 0. The Morgan fingerprint density at radius 3 is 2.50 bits per heavy atom. The van der Waals surface area contributed by atoms with E-state index >= 15 is 0 Å². The normalized spacial score (nSPS) is 11.7. The minimum absolute atomic E-state index is 0.169. The van der Waals surface area contributed by atoms with Crippen molar-refractivity contribution < 1.29 is 19.4 Å². The number of benzene rings is 1. The van der Waals surface area contributed by atoms with Crippen molar-refractivity contribution in [1.82, 2.24) is 0 Å². The third-order valence-corrected chi connectivity index (χ3v) is 3.35. The Kier molecular flexibility index (Phi) is 8.11. The summed E-state index contributed by atoms with van der Waals surface area (Å²) in [5.41, 5.74) is 0.438. The number of carbonyl (C=O) groups excluding carboxylic acids is 1. The highest BCUT2D eigenvalue weighted by Crippen LogP contribution is 2.20. The largest absolute Gasteiger partial charge is 0.508 e. The molecule has 0 heterocycles. The first-order chi connectivity index (χ1) is 10.5. The summed E-state index contributed by atoms with van der Waals surface area (Å²) in [7, 11) is 0. The van der Waals surface area contributed by atoms with Gasteiger partial charge in [-0.1, -0.05) is 13.5 Å². The smallest absolute Gasteiger partial charge is 0.333 e. The second-order valence-corrected chi connectivity index (χ2v) is 5.41. The molecule has 122 valence electrons. The molecule has 22 heavy (non-hydrogen) atoms. The Balaban J connectivity index is 2.17. The van der Waals surface area contributed by atoms with Crippen LogP contribution in [0.2, 0.25) is 0 Å². The fraction of sp³-hybridized carbons (Fsp3) is 0.500. The van der Waals surface area contributed by atoms with Gasteiger partial charge in [0.15, 0.2) is 0 Å². The quantitative estimate of drug-likeness (QED) is 0.399. The van der Waals surface area contributed by atoms with Gasteiger partial charge in [0.2, 0.25) is 0 Å². The fourth-order valence-corrected chi connectivity index (χ4v) is 2.00. The van der Waals surface area contributed by atoms with E-state index in [-0.39, 0.29) is 17.8 Å². The van der Waals surface area contributed by atoms with Crippen LogP contribution in [0.15, 0.2) is 36.4 Å². The van der Waals surface area contributed by atoms with Crippen molar-refractivity contribution in [2.24, 2.45) is 0 Å². The molecule has 4 nitrogen and oxygen atoms in total. The second kappa shape index (κ2) is 9.87. The van der Waals surface area contributed by atoms with E-state index in [0.717, 1.165) is 37.9 Å². The third-order valence-electron chi connectivity index (χ3n) is 3.35. The number of aromatic hydroxyl groups is 1. The molecule has 0 aliphatic carbocycles. The van der Waals surface area contributed by atoms with Gasteiger partial charge < -0.3 is 14.6 Å². The molecule has 0 amide bonds. The highest BCUT2D eigenvalue weighted by Gasteiger charge is 2.08. The number of hydrogen-bond donors (Lipinski definition) is 1. The summed E-state index contributed by atoms with van der Waals surface area (Å²) < 4.78 is 10.9. The number of ether oxygens (including phenoxy) is 2. The van der Waals surface area contributed by atoms with Crippen LogP contribution >= 0.6 is 0 Å². The number of esters is 1. The molecule has 0 fully saturated rings. The van der Waals surface area contributed by atoms with Gasteiger partial charge in [-0.25, -0.2) is 4.79 Å². The molecular formula is C18H26O4. The number of phenolic OH excluding ortho intramolecular Hbond substituents is 1. The Morgan fingerprint density at radius 1 is 1.23 bits per heavy atom. The zero-order valence-corrected chi connectivity index (χ0v) is 13.5. The first-order valence-electron chi connectivity index (χ1n) is 7.81. The van der Waals surface area contributed by atoms with Crippen LogP contribution in [-0.2, 0) is 9.53 Å². The number of rotatable bonds is 10. The predicted octanol–water partition coefficient (Wildman–Crippen LogP) is 4.23. The van der Waals surface area contributed by atoms with Gasteiger partial charge >= 0.3 is 5.97 Å². The van der Waals surface area contributed by atoms with Crippen molar-refractivity contribution in [3.63, 3.8) is 0 Å². The van der Waals surface area contributed by atoms with Crippen molar-refractivity contribution >= 4 is 5.97 Å². The van der Waals surface area contributed by atoms with Gasteiger partial charge in [-0.3, -0.25) is 0 Å². The van der Waals surface area contributed by atoms with Crippen LogP contribution < -0.4 is 4.74 Å². The lowest BCUT2D eigenvalue weighted by Crippen LogP contribution is -2.15. The van der Waals surface area contributed by atoms with Crippen molar-refractivity contribution in [3.05, 3.63) is 36.4 Å². The molecule has 1 aromatic carbocycles. The van der Waals surface area contributed by atoms with E-state index in [9.17, 15) is 9.90 Å². The molecular weight excluding hydrogens is 280 g/mol. The van der Waals surface area contributed by atoms with Crippen LogP contribution in [-0.4, -0.2) is 23.8 Å². The van der Waals surface area contributed by atoms with Crippen molar-refractivity contribution in [1.29, 1.82) is 0 Å². The fourth-order valence-electron chi connectivity index (χ4n) is 2.00. The van der Waals surface area contributed by atoms with Crippen LogP contribution in [0.5, 0.6) is 11.5 Å². The molecule has 0 aliphatic rings. The molecule has 1 aromatic rings. The van der Waals surface area contributed by atoms with Gasteiger partial charge in [-0.05, 0) is 63.3 Å². The number of hydrogen-bond acceptors (Lipinski definition) is 4. The summed E-state index contributed by atoms with van der Waals surface area (Å²) in [6, 6.07) is 6.79. The SMILES string of the molecule is C=C(C)C(=O)OCCCCCC(CC)Oc1ccc(O)cc1.